The highest BCUT2D eigenvalue weighted by molar-refractivity contribution is 6.30. The van der Waals surface area contributed by atoms with Crippen LogP contribution in [-0.2, 0) is 12.7 Å². The fourth-order valence-electron chi connectivity index (χ4n) is 4.30. The van der Waals surface area contributed by atoms with E-state index < -0.39 is 18.0 Å². The lowest BCUT2D eigenvalue weighted by Crippen LogP contribution is -2.49. The molecule has 2 aliphatic heterocycles. The lowest BCUT2D eigenvalue weighted by Gasteiger charge is -2.34. The van der Waals surface area contributed by atoms with Gasteiger partial charge >= 0.3 is 6.18 Å². The summed E-state index contributed by atoms with van der Waals surface area (Å²) in [4.78, 5) is 7.85. The van der Waals surface area contributed by atoms with Crippen molar-refractivity contribution in [3.63, 3.8) is 0 Å². The first kappa shape index (κ1) is 22.3. The number of aliphatic hydroxyl groups is 1. The third kappa shape index (κ3) is 5.68. The molecular weight excluding hydrogens is 429 g/mol. The zero-order valence-corrected chi connectivity index (χ0v) is 17.8. The van der Waals surface area contributed by atoms with E-state index in [1.807, 2.05) is 24.3 Å². The number of aromatic nitrogens is 1. The van der Waals surface area contributed by atoms with E-state index in [1.165, 1.54) is 11.6 Å². The van der Waals surface area contributed by atoms with Crippen LogP contribution in [0.1, 0.15) is 24.1 Å². The van der Waals surface area contributed by atoms with Crippen LogP contribution < -0.4 is 10.2 Å². The number of anilines is 1. The van der Waals surface area contributed by atoms with Gasteiger partial charge in [-0.1, -0.05) is 29.8 Å². The summed E-state index contributed by atoms with van der Waals surface area (Å²) in [5, 5.41) is 14.7. The molecule has 0 saturated carbocycles. The number of aliphatic hydroxyl groups excluding tert-OH is 1. The van der Waals surface area contributed by atoms with Gasteiger partial charge in [0.05, 0.1) is 12.1 Å². The number of hydrogen-bond acceptors (Lipinski definition) is 5. The van der Waals surface area contributed by atoms with E-state index in [4.69, 9.17) is 11.6 Å². The van der Waals surface area contributed by atoms with Gasteiger partial charge in [-0.05, 0) is 55.8 Å². The third-order valence-corrected chi connectivity index (χ3v) is 6.25. The highest BCUT2D eigenvalue weighted by Crippen LogP contribution is 2.30. The van der Waals surface area contributed by atoms with Crippen LogP contribution >= 0.6 is 11.6 Å². The first-order chi connectivity index (χ1) is 14.8. The lowest BCUT2D eigenvalue weighted by molar-refractivity contribution is -0.141. The Morgan fingerprint density at radius 1 is 1.06 bits per heavy atom. The van der Waals surface area contributed by atoms with Crippen LogP contribution in [0.15, 0.2) is 42.5 Å². The van der Waals surface area contributed by atoms with Gasteiger partial charge < -0.3 is 15.3 Å². The molecule has 2 N–H and O–H groups in total. The number of β-amino-alcohol motifs (C(OH)–C–C–N with tert-alkyl or cyclic N) is 1. The monoisotopic (exact) mass is 454 g/mol. The standard InChI is InChI=1S/C22H26ClF3N4O/c23-16-6-4-15(5-7-16)12-29-10-8-17(9-11-29)27-18-13-30(14-19(18)31)21-3-1-2-20(28-21)22(24,25)26/h1-7,17-19,27,31H,8-14H2/t18-,19-/m1/s1. The largest absolute Gasteiger partial charge is 0.433 e. The van der Waals surface area contributed by atoms with Gasteiger partial charge in [0.15, 0.2) is 0 Å². The molecule has 4 rings (SSSR count). The van der Waals surface area contributed by atoms with E-state index in [1.54, 1.807) is 11.0 Å². The number of piperidine rings is 1. The van der Waals surface area contributed by atoms with Crippen LogP contribution in [0.5, 0.6) is 0 Å². The van der Waals surface area contributed by atoms with Crippen molar-refractivity contribution in [3.8, 4) is 0 Å². The van der Waals surface area contributed by atoms with Gasteiger partial charge in [-0.25, -0.2) is 4.98 Å². The summed E-state index contributed by atoms with van der Waals surface area (Å²) >= 11 is 5.94. The Balaban J connectivity index is 1.28. The predicted molar refractivity (Wildman–Crippen MR) is 114 cm³/mol. The minimum atomic E-state index is -4.48. The molecule has 3 heterocycles. The SMILES string of the molecule is O[C@@H]1CN(c2cccc(C(F)(F)F)n2)C[C@H]1NC1CCN(Cc2ccc(Cl)cc2)CC1. The molecule has 168 valence electrons. The summed E-state index contributed by atoms with van der Waals surface area (Å²) in [6, 6.07) is 11.8. The number of benzene rings is 1. The second kappa shape index (κ2) is 9.32. The smallest absolute Gasteiger partial charge is 0.390 e. The second-order valence-electron chi connectivity index (χ2n) is 8.30. The summed E-state index contributed by atoms with van der Waals surface area (Å²) in [7, 11) is 0. The van der Waals surface area contributed by atoms with E-state index >= 15 is 0 Å². The zero-order chi connectivity index (χ0) is 22.0. The van der Waals surface area contributed by atoms with Crippen molar-refractivity contribution in [1.29, 1.82) is 0 Å². The molecule has 0 radical (unpaired) electrons. The van der Waals surface area contributed by atoms with E-state index in [2.05, 4.69) is 15.2 Å². The van der Waals surface area contributed by atoms with Crippen molar-refractivity contribution in [2.75, 3.05) is 31.1 Å². The maximum absolute atomic E-state index is 13.0. The van der Waals surface area contributed by atoms with Crippen molar-refractivity contribution in [3.05, 3.63) is 58.7 Å². The molecule has 2 atom stereocenters. The normalized spacial score (nSPS) is 23.5. The fourth-order valence-corrected chi connectivity index (χ4v) is 4.43. The minimum absolute atomic E-state index is 0.191. The van der Waals surface area contributed by atoms with Crippen LogP contribution in [0.3, 0.4) is 0 Å². The Bertz CT molecular complexity index is 872. The molecule has 2 saturated heterocycles. The molecule has 0 aliphatic carbocycles. The first-order valence-electron chi connectivity index (χ1n) is 10.5. The average Bonchev–Trinajstić information content (AvgIpc) is 3.11. The molecule has 9 heteroatoms. The van der Waals surface area contributed by atoms with Crippen LogP contribution in [0, 0.1) is 0 Å². The van der Waals surface area contributed by atoms with E-state index in [9.17, 15) is 18.3 Å². The Labute approximate surface area is 184 Å². The highest BCUT2D eigenvalue weighted by atomic mass is 35.5. The van der Waals surface area contributed by atoms with Crippen LogP contribution in [0.4, 0.5) is 19.0 Å². The maximum atomic E-state index is 13.0. The Morgan fingerprint density at radius 3 is 2.45 bits per heavy atom. The summed E-state index contributed by atoms with van der Waals surface area (Å²) < 4.78 is 38.9. The van der Waals surface area contributed by atoms with Crippen molar-refractivity contribution in [2.45, 2.75) is 43.8 Å². The lowest BCUT2D eigenvalue weighted by atomic mass is 10.0. The number of hydrogen-bond donors (Lipinski definition) is 2. The highest BCUT2D eigenvalue weighted by Gasteiger charge is 2.36. The second-order valence-corrected chi connectivity index (χ2v) is 8.74. The van der Waals surface area contributed by atoms with Crippen LogP contribution in [0.2, 0.25) is 5.02 Å². The zero-order valence-electron chi connectivity index (χ0n) is 17.0. The van der Waals surface area contributed by atoms with Gasteiger partial charge in [0.2, 0.25) is 0 Å². The predicted octanol–water partition coefficient (Wildman–Crippen LogP) is 3.56. The summed E-state index contributed by atoms with van der Waals surface area (Å²) in [5.41, 5.74) is 0.315. The van der Waals surface area contributed by atoms with Crippen molar-refractivity contribution < 1.29 is 18.3 Å². The molecule has 2 aliphatic rings. The number of halogens is 4. The molecule has 0 unspecified atom stereocenters. The number of nitrogens with one attached hydrogen (secondary N) is 1. The van der Waals surface area contributed by atoms with E-state index in [0.29, 0.717) is 6.54 Å². The van der Waals surface area contributed by atoms with Gasteiger partial charge in [0, 0.05) is 30.7 Å². The first-order valence-corrected chi connectivity index (χ1v) is 10.9. The van der Waals surface area contributed by atoms with Crippen molar-refractivity contribution in [2.24, 2.45) is 0 Å². The summed E-state index contributed by atoms with van der Waals surface area (Å²) in [5.74, 6) is 0.246. The molecule has 5 nitrogen and oxygen atoms in total. The fraction of sp³-hybridized carbons (Fsp3) is 0.500. The van der Waals surface area contributed by atoms with Crippen LogP contribution in [0.25, 0.3) is 0 Å². The topological polar surface area (TPSA) is 51.6 Å². The Morgan fingerprint density at radius 2 is 1.77 bits per heavy atom. The van der Waals surface area contributed by atoms with Gasteiger partial charge in [-0.3, -0.25) is 4.90 Å². The molecule has 0 amide bonds. The Kier molecular flexibility index (Phi) is 6.71. The number of pyridine rings is 1. The summed E-state index contributed by atoms with van der Waals surface area (Å²) in [6.45, 7) is 3.47. The van der Waals surface area contributed by atoms with E-state index in [-0.39, 0.29) is 24.4 Å². The Hall–Kier alpha value is -1.87. The number of nitrogens with zero attached hydrogens (tertiary/aromatic N) is 3. The van der Waals surface area contributed by atoms with E-state index in [0.717, 1.165) is 43.6 Å². The van der Waals surface area contributed by atoms with Gasteiger partial charge in [0.25, 0.3) is 0 Å². The van der Waals surface area contributed by atoms with Gasteiger partial charge in [0.1, 0.15) is 11.5 Å². The molecular formula is C22H26ClF3N4O. The quantitative estimate of drug-likeness (QED) is 0.723. The molecule has 1 aromatic heterocycles. The average molecular weight is 455 g/mol. The number of rotatable bonds is 5. The molecule has 31 heavy (non-hydrogen) atoms. The van der Waals surface area contributed by atoms with Gasteiger partial charge in [-0.15, -0.1) is 0 Å². The molecule has 1 aromatic carbocycles. The molecule has 2 aromatic rings. The maximum Gasteiger partial charge on any atom is 0.433 e. The van der Waals surface area contributed by atoms with Gasteiger partial charge in [-0.2, -0.15) is 13.2 Å². The minimum Gasteiger partial charge on any atom is -0.390 e. The molecule has 0 bridgehead atoms. The molecule has 0 spiro atoms. The van der Waals surface area contributed by atoms with Crippen molar-refractivity contribution in [1.82, 2.24) is 15.2 Å². The molecule has 2 fully saturated rings. The van der Waals surface area contributed by atoms with Crippen LogP contribution in [-0.4, -0.2) is 59.4 Å². The number of likely N-dealkylation sites (tertiary alicyclic amines) is 1. The third-order valence-electron chi connectivity index (χ3n) is 5.99. The van der Waals surface area contributed by atoms with Crippen molar-refractivity contribution >= 4 is 17.4 Å². The number of alkyl halides is 3. The summed E-state index contributed by atoms with van der Waals surface area (Å²) in [6.07, 6.45) is -3.22.